The molecule has 0 radical (unpaired) electrons. The van der Waals surface area contributed by atoms with Crippen LogP contribution < -0.4 is 0 Å². The van der Waals surface area contributed by atoms with E-state index in [1.54, 1.807) is 0 Å². The maximum atomic E-state index is 4.06. The molecular weight excluding hydrogens is 170 g/mol. The lowest BCUT2D eigenvalue weighted by molar-refractivity contribution is 1.20. The van der Waals surface area contributed by atoms with Crippen LogP contribution in [0.2, 0.25) is 0 Å². The molecule has 0 saturated carbocycles. The standard InChI is InChI=1S/C13H17N/c1-4-5-11(2)6-7-13-8-9-14-10-12(13)3/h5-10H,4H2,1-3H3/b7-6-,11-5+. The first kappa shape index (κ1) is 10.7. The van der Waals surface area contributed by atoms with Crippen molar-refractivity contribution in [2.24, 2.45) is 0 Å². The lowest BCUT2D eigenvalue weighted by atomic mass is 10.1. The molecule has 0 amide bonds. The van der Waals surface area contributed by atoms with Gasteiger partial charge in [0, 0.05) is 12.4 Å². The highest BCUT2D eigenvalue weighted by Crippen LogP contribution is 2.09. The Bertz CT molecular complexity index is 348. The van der Waals surface area contributed by atoms with Gasteiger partial charge in [0.2, 0.25) is 0 Å². The average molecular weight is 187 g/mol. The molecule has 0 aromatic carbocycles. The summed E-state index contributed by atoms with van der Waals surface area (Å²) in [7, 11) is 0. The summed E-state index contributed by atoms with van der Waals surface area (Å²) >= 11 is 0. The predicted molar refractivity (Wildman–Crippen MR) is 62.1 cm³/mol. The van der Waals surface area contributed by atoms with Gasteiger partial charge in [0.05, 0.1) is 0 Å². The Labute approximate surface area is 86.2 Å². The molecule has 0 atom stereocenters. The summed E-state index contributed by atoms with van der Waals surface area (Å²) in [6.45, 7) is 6.34. The summed E-state index contributed by atoms with van der Waals surface area (Å²) in [6.07, 6.45) is 11.3. The Hall–Kier alpha value is -1.37. The second kappa shape index (κ2) is 5.38. The second-order valence-electron chi connectivity index (χ2n) is 3.42. The Morgan fingerprint density at radius 1 is 1.50 bits per heavy atom. The SMILES string of the molecule is CC/C=C(C)/C=C\c1ccncc1C. The molecule has 0 aliphatic heterocycles. The maximum Gasteiger partial charge on any atom is 0.0303 e. The van der Waals surface area contributed by atoms with Crippen LogP contribution in [0.4, 0.5) is 0 Å². The molecule has 0 saturated heterocycles. The Morgan fingerprint density at radius 2 is 2.29 bits per heavy atom. The van der Waals surface area contributed by atoms with Gasteiger partial charge in [-0.15, -0.1) is 0 Å². The Balaban J connectivity index is 2.79. The van der Waals surface area contributed by atoms with E-state index < -0.39 is 0 Å². The first-order valence-electron chi connectivity index (χ1n) is 4.99. The van der Waals surface area contributed by atoms with Gasteiger partial charge in [0.1, 0.15) is 0 Å². The van der Waals surface area contributed by atoms with Crippen LogP contribution in [0.3, 0.4) is 0 Å². The minimum atomic E-state index is 1.09. The van der Waals surface area contributed by atoms with E-state index in [4.69, 9.17) is 0 Å². The van der Waals surface area contributed by atoms with Crippen molar-refractivity contribution in [2.75, 3.05) is 0 Å². The number of pyridine rings is 1. The summed E-state index contributed by atoms with van der Waals surface area (Å²) in [4.78, 5) is 4.06. The topological polar surface area (TPSA) is 12.9 Å². The van der Waals surface area contributed by atoms with E-state index in [2.05, 4.69) is 44.0 Å². The third-order valence-electron chi connectivity index (χ3n) is 2.12. The fourth-order valence-electron chi connectivity index (χ4n) is 1.28. The zero-order chi connectivity index (χ0) is 10.4. The van der Waals surface area contributed by atoms with Crippen molar-refractivity contribution in [2.45, 2.75) is 27.2 Å². The van der Waals surface area contributed by atoms with Gasteiger partial charge in [-0.2, -0.15) is 0 Å². The summed E-state index contributed by atoms with van der Waals surface area (Å²) in [5, 5.41) is 0. The van der Waals surface area contributed by atoms with Crippen LogP contribution in [0.5, 0.6) is 0 Å². The fraction of sp³-hybridized carbons (Fsp3) is 0.308. The third-order valence-corrected chi connectivity index (χ3v) is 2.12. The highest BCUT2D eigenvalue weighted by atomic mass is 14.6. The van der Waals surface area contributed by atoms with Crippen molar-refractivity contribution in [1.82, 2.24) is 4.98 Å². The number of rotatable bonds is 3. The molecule has 0 spiro atoms. The lowest BCUT2D eigenvalue weighted by Gasteiger charge is -1.97. The molecule has 0 fully saturated rings. The zero-order valence-corrected chi connectivity index (χ0v) is 9.12. The summed E-state index contributed by atoms with van der Waals surface area (Å²) < 4.78 is 0. The van der Waals surface area contributed by atoms with E-state index in [1.165, 1.54) is 16.7 Å². The van der Waals surface area contributed by atoms with Crippen molar-refractivity contribution in [1.29, 1.82) is 0 Å². The molecule has 1 aromatic rings. The summed E-state index contributed by atoms with van der Waals surface area (Å²) in [5.74, 6) is 0. The molecule has 1 rings (SSSR count). The van der Waals surface area contributed by atoms with E-state index in [9.17, 15) is 0 Å². The number of allylic oxidation sites excluding steroid dienone is 3. The van der Waals surface area contributed by atoms with E-state index >= 15 is 0 Å². The van der Waals surface area contributed by atoms with Crippen molar-refractivity contribution in [3.63, 3.8) is 0 Å². The molecule has 1 heteroatoms. The van der Waals surface area contributed by atoms with Gasteiger partial charge >= 0.3 is 0 Å². The van der Waals surface area contributed by atoms with Gasteiger partial charge in [0.15, 0.2) is 0 Å². The highest BCUT2D eigenvalue weighted by Gasteiger charge is 1.91. The number of nitrogens with zero attached hydrogens (tertiary/aromatic N) is 1. The van der Waals surface area contributed by atoms with Crippen molar-refractivity contribution >= 4 is 6.08 Å². The largest absolute Gasteiger partial charge is 0.264 e. The number of hydrogen-bond acceptors (Lipinski definition) is 1. The third kappa shape index (κ3) is 3.17. The Kier molecular flexibility index (Phi) is 4.11. The molecule has 74 valence electrons. The van der Waals surface area contributed by atoms with Crippen LogP contribution in [0.25, 0.3) is 6.08 Å². The molecule has 14 heavy (non-hydrogen) atoms. The normalized spacial score (nSPS) is 12.4. The maximum absolute atomic E-state index is 4.06. The van der Waals surface area contributed by atoms with Crippen LogP contribution in [0.15, 0.2) is 36.2 Å². The Morgan fingerprint density at radius 3 is 2.93 bits per heavy atom. The number of hydrogen-bond donors (Lipinski definition) is 0. The number of aryl methyl sites for hydroxylation is 1. The summed E-state index contributed by atoms with van der Waals surface area (Å²) in [5.41, 5.74) is 3.76. The van der Waals surface area contributed by atoms with Gasteiger partial charge < -0.3 is 0 Å². The fourth-order valence-corrected chi connectivity index (χ4v) is 1.28. The highest BCUT2D eigenvalue weighted by molar-refractivity contribution is 5.55. The molecule has 1 aromatic heterocycles. The first-order valence-corrected chi connectivity index (χ1v) is 4.99. The number of aromatic nitrogens is 1. The van der Waals surface area contributed by atoms with Crippen LogP contribution in [-0.4, -0.2) is 4.98 Å². The van der Waals surface area contributed by atoms with Crippen LogP contribution in [-0.2, 0) is 0 Å². The molecule has 0 unspecified atom stereocenters. The quantitative estimate of drug-likeness (QED) is 0.656. The molecule has 1 nitrogen and oxygen atoms in total. The zero-order valence-electron chi connectivity index (χ0n) is 9.12. The van der Waals surface area contributed by atoms with Crippen molar-refractivity contribution in [3.8, 4) is 0 Å². The van der Waals surface area contributed by atoms with Crippen molar-refractivity contribution in [3.05, 3.63) is 47.3 Å². The molecular formula is C13H17N. The van der Waals surface area contributed by atoms with E-state index in [-0.39, 0.29) is 0 Å². The van der Waals surface area contributed by atoms with Crippen LogP contribution >= 0.6 is 0 Å². The van der Waals surface area contributed by atoms with Crippen molar-refractivity contribution < 1.29 is 0 Å². The van der Waals surface area contributed by atoms with Crippen LogP contribution in [0.1, 0.15) is 31.4 Å². The minimum Gasteiger partial charge on any atom is -0.264 e. The van der Waals surface area contributed by atoms with E-state index in [1.807, 2.05) is 18.5 Å². The van der Waals surface area contributed by atoms with Gasteiger partial charge in [-0.05, 0) is 37.5 Å². The molecule has 0 aliphatic carbocycles. The summed E-state index contributed by atoms with van der Waals surface area (Å²) in [6, 6.07) is 2.03. The average Bonchev–Trinajstić information content (AvgIpc) is 2.17. The second-order valence-corrected chi connectivity index (χ2v) is 3.42. The van der Waals surface area contributed by atoms with Gasteiger partial charge in [-0.3, -0.25) is 4.98 Å². The molecule has 0 aliphatic rings. The molecule has 0 bridgehead atoms. The first-order chi connectivity index (χ1) is 6.74. The van der Waals surface area contributed by atoms with E-state index in [0.29, 0.717) is 0 Å². The minimum absolute atomic E-state index is 1.09. The van der Waals surface area contributed by atoms with Gasteiger partial charge in [0.25, 0.3) is 0 Å². The van der Waals surface area contributed by atoms with Gasteiger partial charge in [-0.1, -0.05) is 30.7 Å². The van der Waals surface area contributed by atoms with E-state index in [0.717, 1.165) is 6.42 Å². The lowest BCUT2D eigenvalue weighted by Crippen LogP contribution is -1.81. The monoisotopic (exact) mass is 187 g/mol. The van der Waals surface area contributed by atoms with Gasteiger partial charge in [-0.25, -0.2) is 0 Å². The molecule has 1 heterocycles. The predicted octanol–water partition coefficient (Wildman–Crippen LogP) is 3.76. The molecule has 0 N–H and O–H groups in total. The smallest absolute Gasteiger partial charge is 0.0303 e. The van der Waals surface area contributed by atoms with Crippen LogP contribution in [0, 0.1) is 6.92 Å².